The molecule has 0 bridgehead atoms. The molecule has 18 heavy (non-hydrogen) atoms. The molecule has 0 aliphatic heterocycles. The van der Waals surface area contributed by atoms with Crippen LogP contribution in [-0.2, 0) is 10.0 Å². The van der Waals surface area contributed by atoms with Crippen LogP contribution in [0.1, 0.15) is 20.3 Å². The van der Waals surface area contributed by atoms with E-state index in [0.717, 1.165) is 13.0 Å². The van der Waals surface area contributed by atoms with Crippen LogP contribution in [0.2, 0.25) is 0 Å². The molecule has 0 unspecified atom stereocenters. The largest absolute Gasteiger partial charge is 0.397 e. The Kier molecular flexibility index (Phi) is 4.59. The highest BCUT2D eigenvalue weighted by atomic mass is 32.2. The van der Waals surface area contributed by atoms with Gasteiger partial charge in [0.25, 0.3) is 0 Å². The van der Waals surface area contributed by atoms with Gasteiger partial charge in [0.2, 0.25) is 10.0 Å². The number of nitrogens with zero attached hydrogens (tertiary/aromatic N) is 1. The van der Waals surface area contributed by atoms with Crippen LogP contribution in [0.3, 0.4) is 0 Å². The Hall–Kier alpha value is -1.27. The maximum absolute atomic E-state index is 11.3. The van der Waals surface area contributed by atoms with Crippen molar-refractivity contribution in [2.24, 2.45) is 11.1 Å². The van der Waals surface area contributed by atoms with Gasteiger partial charge in [-0.15, -0.1) is 0 Å². The zero-order valence-electron chi connectivity index (χ0n) is 11.1. The van der Waals surface area contributed by atoms with Crippen LogP contribution < -0.4 is 15.8 Å². The van der Waals surface area contributed by atoms with Gasteiger partial charge in [0.1, 0.15) is 0 Å². The predicted molar refractivity (Wildman–Crippen MR) is 75.0 cm³/mol. The van der Waals surface area contributed by atoms with Gasteiger partial charge in [0.15, 0.2) is 0 Å². The fourth-order valence-corrected chi connectivity index (χ4v) is 2.14. The number of primary sulfonamides is 1. The Morgan fingerprint density at radius 3 is 2.44 bits per heavy atom. The molecule has 0 radical (unpaired) electrons. The molecule has 0 aliphatic carbocycles. The molecule has 0 atom stereocenters. The van der Waals surface area contributed by atoms with Gasteiger partial charge in [0, 0.05) is 13.6 Å². The third-order valence-electron chi connectivity index (χ3n) is 2.78. The number of nitrogen functional groups attached to an aromatic ring is 1. The summed E-state index contributed by atoms with van der Waals surface area (Å²) in [4.78, 5) is 2.03. The molecule has 6 heteroatoms. The SMILES string of the molecule is CC(C)CCN(C)c1cc(S(N)(=O)=O)ccc1N. The number of sulfonamides is 1. The smallest absolute Gasteiger partial charge is 0.238 e. The molecule has 0 fully saturated rings. The molecule has 102 valence electrons. The molecular weight excluding hydrogens is 250 g/mol. The lowest BCUT2D eigenvalue weighted by molar-refractivity contribution is 0.585. The minimum atomic E-state index is -3.69. The molecule has 0 aliphatic rings. The van der Waals surface area contributed by atoms with E-state index in [1.807, 2.05) is 11.9 Å². The molecule has 0 saturated heterocycles. The summed E-state index contributed by atoms with van der Waals surface area (Å²) in [5.74, 6) is 0.579. The van der Waals surface area contributed by atoms with E-state index in [9.17, 15) is 8.42 Å². The van der Waals surface area contributed by atoms with Gasteiger partial charge >= 0.3 is 0 Å². The Bertz CT molecular complexity index is 512. The van der Waals surface area contributed by atoms with E-state index >= 15 is 0 Å². The van der Waals surface area contributed by atoms with Crippen molar-refractivity contribution in [1.82, 2.24) is 0 Å². The summed E-state index contributed by atoms with van der Waals surface area (Å²) in [6.45, 7) is 5.09. The Labute approximate surface area is 109 Å². The highest BCUT2D eigenvalue weighted by molar-refractivity contribution is 7.89. The van der Waals surface area contributed by atoms with E-state index in [1.165, 1.54) is 12.1 Å². The third-order valence-corrected chi connectivity index (χ3v) is 3.69. The summed E-state index contributed by atoms with van der Waals surface area (Å²) in [6.07, 6.45) is 1.01. The standard InChI is InChI=1S/C12H21N3O2S/c1-9(2)6-7-15(3)12-8-10(18(14,16)17)4-5-11(12)13/h4-5,8-9H,6-7,13H2,1-3H3,(H2,14,16,17). The minimum absolute atomic E-state index is 0.0862. The maximum Gasteiger partial charge on any atom is 0.238 e. The quantitative estimate of drug-likeness (QED) is 0.792. The first-order chi connectivity index (χ1) is 8.21. The molecule has 4 N–H and O–H groups in total. The molecule has 1 aromatic rings. The summed E-state index contributed by atoms with van der Waals surface area (Å²) in [5, 5.41) is 5.11. The zero-order valence-corrected chi connectivity index (χ0v) is 11.9. The van der Waals surface area contributed by atoms with Crippen LogP contribution in [0, 0.1) is 5.92 Å². The Balaban J connectivity index is 3.01. The lowest BCUT2D eigenvalue weighted by Gasteiger charge is -2.22. The fourth-order valence-electron chi connectivity index (χ4n) is 1.60. The summed E-state index contributed by atoms with van der Waals surface area (Å²) < 4.78 is 22.6. The van der Waals surface area contributed by atoms with Crippen molar-refractivity contribution in [3.63, 3.8) is 0 Å². The van der Waals surface area contributed by atoms with Gasteiger partial charge in [-0.2, -0.15) is 0 Å². The number of hydrogen-bond donors (Lipinski definition) is 2. The zero-order chi connectivity index (χ0) is 13.9. The monoisotopic (exact) mass is 271 g/mol. The molecule has 5 nitrogen and oxygen atoms in total. The first kappa shape index (κ1) is 14.8. The number of rotatable bonds is 5. The lowest BCUT2D eigenvalue weighted by Crippen LogP contribution is -2.22. The van der Waals surface area contributed by atoms with E-state index in [1.54, 1.807) is 6.07 Å². The normalized spacial score (nSPS) is 11.8. The maximum atomic E-state index is 11.3. The van der Waals surface area contributed by atoms with Crippen LogP contribution in [0.4, 0.5) is 11.4 Å². The number of benzene rings is 1. The van der Waals surface area contributed by atoms with Crippen LogP contribution in [-0.4, -0.2) is 22.0 Å². The number of anilines is 2. The average Bonchev–Trinajstić information content (AvgIpc) is 2.24. The van der Waals surface area contributed by atoms with E-state index in [-0.39, 0.29) is 4.90 Å². The summed E-state index contributed by atoms with van der Waals surface area (Å²) >= 11 is 0. The van der Waals surface area contributed by atoms with Crippen molar-refractivity contribution in [3.05, 3.63) is 18.2 Å². The highest BCUT2D eigenvalue weighted by Crippen LogP contribution is 2.25. The van der Waals surface area contributed by atoms with Gasteiger partial charge in [-0.1, -0.05) is 13.8 Å². The van der Waals surface area contributed by atoms with Crippen LogP contribution in [0.25, 0.3) is 0 Å². The minimum Gasteiger partial charge on any atom is -0.397 e. The molecule has 1 aromatic carbocycles. The first-order valence-corrected chi connectivity index (χ1v) is 7.40. The Morgan fingerprint density at radius 1 is 1.33 bits per heavy atom. The van der Waals surface area contributed by atoms with Crippen molar-refractivity contribution in [1.29, 1.82) is 0 Å². The topological polar surface area (TPSA) is 89.4 Å². The van der Waals surface area contributed by atoms with Crippen LogP contribution in [0.15, 0.2) is 23.1 Å². The Morgan fingerprint density at radius 2 is 1.94 bits per heavy atom. The van der Waals surface area contributed by atoms with Crippen molar-refractivity contribution in [3.8, 4) is 0 Å². The van der Waals surface area contributed by atoms with Gasteiger partial charge in [-0.05, 0) is 30.5 Å². The predicted octanol–water partition coefficient (Wildman–Crippen LogP) is 1.40. The molecule has 0 saturated carbocycles. The summed E-state index contributed by atoms with van der Waals surface area (Å²) in [5.41, 5.74) is 7.11. The van der Waals surface area contributed by atoms with Gasteiger partial charge in [0.05, 0.1) is 16.3 Å². The van der Waals surface area contributed by atoms with E-state index in [4.69, 9.17) is 10.9 Å². The van der Waals surface area contributed by atoms with Gasteiger partial charge in [-0.25, -0.2) is 13.6 Å². The van der Waals surface area contributed by atoms with Crippen molar-refractivity contribution in [2.75, 3.05) is 24.2 Å². The van der Waals surface area contributed by atoms with Gasteiger partial charge < -0.3 is 10.6 Å². The molecule has 0 amide bonds. The average molecular weight is 271 g/mol. The second kappa shape index (κ2) is 5.58. The van der Waals surface area contributed by atoms with E-state index in [0.29, 0.717) is 17.3 Å². The lowest BCUT2D eigenvalue weighted by atomic mass is 10.1. The molecule has 0 aromatic heterocycles. The van der Waals surface area contributed by atoms with Gasteiger partial charge in [-0.3, -0.25) is 0 Å². The number of hydrogen-bond acceptors (Lipinski definition) is 4. The number of nitrogens with two attached hydrogens (primary N) is 2. The van der Waals surface area contributed by atoms with Crippen molar-refractivity contribution in [2.45, 2.75) is 25.2 Å². The van der Waals surface area contributed by atoms with Crippen molar-refractivity contribution >= 4 is 21.4 Å². The molecule has 0 spiro atoms. The third kappa shape index (κ3) is 3.89. The highest BCUT2D eigenvalue weighted by Gasteiger charge is 2.13. The fraction of sp³-hybridized carbons (Fsp3) is 0.500. The molecule has 0 heterocycles. The second-order valence-electron chi connectivity index (χ2n) is 4.87. The first-order valence-electron chi connectivity index (χ1n) is 5.85. The van der Waals surface area contributed by atoms with Crippen molar-refractivity contribution < 1.29 is 8.42 Å². The summed E-state index contributed by atoms with van der Waals surface area (Å²) in [7, 11) is -1.80. The van der Waals surface area contributed by atoms with Crippen LogP contribution in [0.5, 0.6) is 0 Å². The summed E-state index contributed by atoms with van der Waals surface area (Å²) in [6, 6.07) is 4.51. The van der Waals surface area contributed by atoms with Crippen LogP contribution >= 0.6 is 0 Å². The van der Waals surface area contributed by atoms with E-state index < -0.39 is 10.0 Å². The second-order valence-corrected chi connectivity index (χ2v) is 6.43. The molecule has 1 rings (SSSR count). The molecular formula is C12H21N3O2S. The van der Waals surface area contributed by atoms with E-state index in [2.05, 4.69) is 13.8 Å².